The smallest absolute Gasteiger partial charge is 0.224 e. The maximum atomic E-state index is 14.0. The molecule has 5 atom stereocenters. The van der Waals surface area contributed by atoms with E-state index in [1.807, 2.05) is 49.6 Å². The van der Waals surface area contributed by atoms with Gasteiger partial charge in [0.15, 0.2) is 0 Å². The highest BCUT2D eigenvalue weighted by Gasteiger charge is 2.56. The molecule has 11 nitrogen and oxygen atoms in total. The summed E-state index contributed by atoms with van der Waals surface area (Å²) in [6.45, 7) is 8.19. The van der Waals surface area contributed by atoms with Crippen molar-refractivity contribution in [2.45, 2.75) is 82.6 Å². The van der Waals surface area contributed by atoms with Crippen molar-refractivity contribution >= 4 is 44.1 Å². The predicted octanol–water partition coefficient (Wildman–Crippen LogP) is 4.85. The molecule has 2 aromatic heterocycles. The van der Waals surface area contributed by atoms with Gasteiger partial charge in [-0.25, -0.2) is 23.1 Å². The number of aryl methyl sites for hydroxylation is 1. The average Bonchev–Trinajstić information content (AvgIpc) is 3.92. The lowest BCUT2D eigenvalue weighted by molar-refractivity contribution is -0.134. The van der Waals surface area contributed by atoms with Gasteiger partial charge in [0, 0.05) is 41.9 Å². The lowest BCUT2D eigenvalue weighted by Gasteiger charge is -2.24. The van der Waals surface area contributed by atoms with E-state index in [9.17, 15) is 18.0 Å². The number of benzene rings is 1. The quantitative estimate of drug-likeness (QED) is 0.215. The molecule has 0 saturated heterocycles. The van der Waals surface area contributed by atoms with Gasteiger partial charge in [-0.2, -0.15) is 0 Å². The Morgan fingerprint density at radius 2 is 1.85 bits per heavy atom. The van der Waals surface area contributed by atoms with Crippen LogP contribution in [0, 0.1) is 24.7 Å². The summed E-state index contributed by atoms with van der Waals surface area (Å²) in [5.41, 5.74) is 2.55. The number of allylic oxidation sites excluding steroid dienone is 1. The zero-order valence-corrected chi connectivity index (χ0v) is 30.0. The minimum atomic E-state index is -3.42. The number of amides is 2. The van der Waals surface area contributed by atoms with Gasteiger partial charge in [0.2, 0.25) is 21.8 Å². The average molecular weight is 696 g/mol. The number of nitrogens with one attached hydrogen (secondary N) is 3. The van der Waals surface area contributed by atoms with E-state index in [0.717, 1.165) is 27.2 Å². The first kappa shape index (κ1) is 34.3. The van der Waals surface area contributed by atoms with Gasteiger partial charge in [0.25, 0.3) is 0 Å². The fourth-order valence-corrected chi connectivity index (χ4v) is 9.17. The Kier molecular flexibility index (Phi) is 9.58. The monoisotopic (exact) mass is 695 g/mol. The number of rotatable bonds is 13. The van der Waals surface area contributed by atoms with E-state index < -0.39 is 33.5 Å². The van der Waals surface area contributed by atoms with Crippen LogP contribution in [0.4, 0.5) is 0 Å². The Balaban J connectivity index is 1.27. The van der Waals surface area contributed by atoms with E-state index in [4.69, 9.17) is 19.4 Å². The maximum absolute atomic E-state index is 14.0. The Morgan fingerprint density at radius 3 is 2.48 bits per heavy atom. The summed E-state index contributed by atoms with van der Waals surface area (Å²) < 4.78 is 40.3. The second kappa shape index (κ2) is 13.4. The van der Waals surface area contributed by atoms with Crippen LogP contribution in [0.15, 0.2) is 35.7 Å². The fraction of sp³-hybridized carbons (Fsp3) is 0.543. The van der Waals surface area contributed by atoms with Crippen LogP contribution in [0.1, 0.15) is 70.1 Å². The molecule has 0 spiro atoms. The molecule has 6 rings (SSSR count). The minimum absolute atomic E-state index is 0.00385. The van der Waals surface area contributed by atoms with Gasteiger partial charge in [-0.3, -0.25) is 9.59 Å². The van der Waals surface area contributed by atoms with Gasteiger partial charge in [-0.05, 0) is 64.0 Å². The molecule has 13 heteroatoms. The molecular weight excluding hydrogens is 651 g/mol. The molecule has 258 valence electrons. The van der Waals surface area contributed by atoms with Crippen LogP contribution < -0.4 is 24.8 Å². The number of nitrogens with zero attached hydrogens (tertiary/aromatic N) is 2. The third-order valence-corrected chi connectivity index (χ3v) is 12.7. The number of hydrogen-bond donors (Lipinski definition) is 3. The lowest BCUT2D eigenvalue weighted by Crippen LogP contribution is -2.50. The highest BCUT2D eigenvalue weighted by molar-refractivity contribution is 7.90. The summed E-state index contributed by atoms with van der Waals surface area (Å²) in [5, 5.41) is 9.19. The largest absolute Gasteiger partial charge is 0.496 e. The SMILES string of the molecule is C/C=C\[C@@H]1C[C@@]1(CNS(=O)(=O)C1CC1)NC(=O)[C@@H]1C[C@@H](Oc2cc(-c3nc(C(C)C)cs3)nc3c(C)c(OC)ccc23)CC1C(=O)NC. The van der Waals surface area contributed by atoms with E-state index >= 15 is 0 Å². The first-order chi connectivity index (χ1) is 22.9. The molecule has 1 unspecified atom stereocenters. The van der Waals surface area contributed by atoms with Crippen molar-refractivity contribution in [1.82, 2.24) is 25.3 Å². The fourth-order valence-electron chi connectivity index (χ4n) is 6.78. The number of fused-ring (bicyclic) bond motifs is 1. The third-order valence-electron chi connectivity index (χ3n) is 9.91. The Hall–Kier alpha value is -3.55. The number of sulfonamides is 1. The molecule has 1 aromatic carbocycles. The van der Waals surface area contributed by atoms with Crippen molar-refractivity contribution in [2.24, 2.45) is 17.8 Å². The number of methoxy groups -OCH3 is 1. The molecule has 0 aliphatic heterocycles. The van der Waals surface area contributed by atoms with Crippen LogP contribution in [0.25, 0.3) is 21.6 Å². The molecule has 3 aromatic rings. The molecule has 0 radical (unpaired) electrons. The molecular formula is C35H45N5O6S2. The van der Waals surface area contributed by atoms with Crippen molar-refractivity contribution in [3.05, 3.63) is 47.0 Å². The topological polar surface area (TPSA) is 149 Å². The van der Waals surface area contributed by atoms with E-state index in [1.54, 1.807) is 14.2 Å². The first-order valence-corrected chi connectivity index (χ1v) is 19.1. The first-order valence-electron chi connectivity index (χ1n) is 16.6. The summed E-state index contributed by atoms with van der Waals surface area (Å²) in [5.74, 6) is -0.164. The number of thiazole rings is 1. The Labute approximate surface area is 286 Å². The van der Waals surface area contributed by atoms with Crippen molar-refractivity contribution in [3.63, 3.8) is 0 Å². The summed E-state index contributed by atoms with van der Waals surface area (Å²) in [4.78, 5) is 37.0. The van der Waals surface area contributed by atoms with Crippen LogP contribution in [0.5, 0.6) is 11.5 Å². The number of aromatic nitrogens is 2. The van der Waals surface area contributed by atoms with E-state index in [0.29, 0.717) is 49.3 Å². The van der Waals surface area contributed by atoms with E-state index in [2.05, 4.69) is 29.2 Å². The van der Waals surface area contributed by atoms with Crippen LogP contribution >= 0.6 is 11.3 Å². The van der Waals surface area contributed by atoms with Gasteiger partial charge in [0.05, 0.1) is 40.9 Å². The van der Waals surface area contributed by atoms with E-state index in [-0.39, 0.29) is 35.4 Å². The summed E-state index contributed by atoms with van der Waals surface area (Å²) in [7, 11) is -0.226. The van der Waals surface area contributed by atoms with Crippen LogP contribution in [0.3, 0.4) is 0 Å². The Bertz CT molecular complexity index is 1850. The number of ether oxygens (including phenoxy) is 2. The molecule has 3 aliphatic rings. The highest BCUT2D eigenvalue weighted by atomic mass is 32.2. The van der Waals surface area contributed by atoms with Gasteiger partial charge < -0.3 is 20.1 Å². The van der Waals surface area contributed by atoms with Crippen LogP contribution in [-0.2, 0) is 19.6 Å². The second-order valence-corrected chi connectivity index (χ2v) is 16.5. The molecule has 3 aliphatic carbocycles. The highest BCUT2D eigenvalue weighted by Crippen LogP contribution is 2.46. The van der Waals surface area contributed by atoms with Crippen molar-refractivity contribution < 1.29 is 27.5 Å². The standard InChI is InChI=1S/C35H45N5O6S2/c1-7-8-21-16-35(21,18-37-48(43,44)23-9-10-23)40-33(42)26-14-22(13-25(26)32(41)36-5)46-30-15-27(34-39-28(17-47-34)19(2)3)38-31-20(4)29(45-6)12-11-24(30)31/h7-8,11-12,15,17,19,21-23,25-26,37H,9-10,13-14,16,18H2,1-6H3,(H,36,41)(H,40,42)/b8-7-/t21-,22+,25?,26-,35+/m1/s1. The minimum Gasteiger partial charge on any atom is -0.496 e. The zero-order chi connectivity index (χ0) is 34.4. The van der Waals surface area contributed by atoms with Crippen LogP contribution in [0.2, 0.25) is 0 Å². The summed E-state index contributed by atoms with van der Waals surface area (Å²) in [6, 6.07) is 5.70. The molecule has 48 heavy (non-hydrogen) atoms. The molecule has 3 fully saturated rings. The molecule has 3 saturated carbocycles. The zero-order valence-electron chi connectivity index (χ0n) is 28.3. The van der Waals surface area contributed by atoms with Gasteiger partial charge in [-0.15, -0.1) is 11.3 Å². The van der Waals surface area contributed by atoms with E-state index in [1.165, 1.54) is 11.3 Å². The number of carbonyl (C=O) groups is 2. The lowest BCUT2D eigenvalue weighted by atomic mass is 9.93. The van der Waals surface area contributed by atoms with Crippen LogP contribution in [-0.4, -0.2) is 67.8 Å². The molecule has 0 bridgehead atoms. The molecule has 2 heterocycles. The van der Waals surface area contributed by atoms with Crippen molar-refractivity contribution in [3.8, 4) is 22.2 Å². The molecule has 3 N–H and O–H groups in total. The van der Waals surface area contributed by atoms with Crippen molar-refractivity contribution in [2.75, 3.05) is 20.7 Å². The maximum Gasteiger partial charge on any atom is 0.224 e. The normalized spacial score (nSPS) is 25.5. The summed E-state index contributed by atoms with van der Waals surface area (Å²) >= 11 is 1.53. The Morgan fingerprint density at radius 1 is 1.12 bits per heavy atom. The number of carbonyl (C=O) groups excluding carboxylic acids is 2. The second-order valence-electron chi connectivity index (χ2n) is 13.6. The van der Waals surface area contributed by atoms with Crippen molar-refractivity contribution in [1.29, 1.82) is 0 Å². The third kappa shape index (κ3) is 6.81. The van der Waals surface area contributed by atoms with Gasteiger partial charge in [-0.1, -0.05) is 26.0 Å². The number of hydrogen-bond acceptors (Lipinski definition) is 9. The van der Waals surface area contributed by atoms with Gasteiger partial charge >= 0.3 is 0 Å². The van der Waals surface area contributed by atoms with Gasteiger partial charge in [0.1, 0.15) is 28.3 Å². The predicted molar refractivity (Wildman–Crippen MR) is 187 cm³/mol. The summed E-state index contributed by atoms with van der Waals surface area (Å²) in [6.07, 6.45) is 6.10. The number of pyridine rings is 1. The molecule has 2 amide bonds.